The summed E-state index contributed by atoms with van der Waals surface area (Å²) in [5, 5.41) is 3.24. The van der Waals surface area contributed by atoms with Crippen molar-refractivity contribution in [2.75, 3.05) is 16.8 Å². The van der Waals surface area contributed by atoms with Gasteiger partial charge in [0, 0.05) is 5.69 Å². The van der Waals surface area contributed by atoms with Gasteiger partial charge in [0.1, 0.15) is 11.4 Å². The Labute approximate surface area is 201 Å². The number of para-hydroxylation sites is 2. The molecule has 0 aromatic heterocycles. The summed E-state index contributed by atoms with van der Waals surface area (Å²) in [6, 6.07) is 20.9. The van der Waals surface area contributed by atoms with Crippen LogP contribution in [0.15, 0.2) is 72.4 Å². The number of imide groups is 1. The maximum atomic E-state index is 13.8. The van der Waals surface area contributed by atoms with E-state index in [-0.39, 0.29) is 11.6 Å². The minimum absolute atomic E-state index is 0.266. The number of nitrogens with zero attached hydrogens (tertiary/aromatic N) is 1. The first-order valence-electron chi connectivity index (χ1n) is 11.7. The zero-order valence-corrected chi connectivity index (χ0v) is 20.1. The molecule has 1 aliphatic heterocycles. The number of amides is 2. The van der Waals surface area contributed by atoms with Crippen LogP contribution in [0.5, 0.6) is 5.75 Å². The number of anilines is 2. The zero-order chi connectivity index (χ0) is 24.2. The predicted octanol–water partition coefficient (Wildman–Crippen LogP) is 6.05. The van der Waals surface area contributed by atoms with Gasteiger partial charge in [0.2, 0.25) is 0 Å². The Kier molecular flexibility index (Phi) is 6.82. The molecule has 0 radical (unpaired) electrons. The summed E-state index contributed by atoms with van der Waals surface area (Å²) in [6.07, 6.45) is 1.75. The quantitative estimate of drug-likeness (QED) is 0.421. The third kappa shape index (κ3) is 4.46. The van der Waals surface area contributed by atoms with Crippen LogP contribution in [0, 0.1) is 13.8 Å². The minimum atomic E-state index is -0.398. The number of hydrogen-bond acceptors (Lipinski definition) is 4. The van der Waals surface area contributed by atoms with Gasteiger partial charge in [-0.1, -0.05) is 56.3 Å². The highest BCUT2D eigenvalue weighted by molar-refractivity contribution is 6.46. The molecule has 34 heavy (non-hydrogen) atoms. The number of nitrogens with one attached hydrogen (secondary N) is 1. The van der Waals surface area contributed by atoms with Crippen LogP contribution in [0.25, 0.3) is 5.57 Å². The van der Waals surface area contributed by atoms with Crippen LogP contribution >= 0.6 is 0 Å². The van der Waals surface area contributed by atoms with E-state index in [4.69, 9.17) is 4.74 Å². The van der Waals surface area contributed by atoms with Crippen molar-refractivity contribution in [3.05, 3.63) is 94.7 Å². The normalized spacial score (nSPS) is 13.6. The van der Waals surface area contributed by atoms with E-state index in [2.05, 4.69) is 12.2 Å². The summed E-state index contributed by atoms with van der Waals surface area (Å²) in [5.41, 5.74) is 5.93. The second-order valence-corrected chi connectivity index (χ2v) is 8.49. The van der Waals surface area contributed by atoms with Crippen LogP contribution in [-0.4, -0.2) is 18.4 Å². The Balaban J connectivity index is 1.81. The highest BCUT2D eigenvalue weighted by Gasteiger charge is 2.41. The summed E-state index contributed by atoms with van der Waals surface area (Å²) >= 11 is 0. The van der Waals surface area contributed by atoms with Crippen LogP contribution < -0.4 is 15.0 Å². The lowest BCUT2D eigenvalue weighted by molar-refractivity contribution is -0.120. The third-order valence-corrected chi connectivity index (χ3v) is 6.08. The molecule has 1 N–H and O–H groups in total. The molecule has 3 aromatic rings. The van der Waals surface area contributed by atoms with Gasteiger partial charge in [0.05, 0.1) is 17.9 Å². The van der Waals surface area contributed by atoms with E-state index in [9.17, 15) is 9.59 Å². The molecule has 0 saturated carbocycles. The van der Waals surface area contributed by atoms with Crippen LogP contribution in [0.3, 0.4) is 0 Å². The fourth-order valence-corrected chi connectivity index (χ4v) is 3.97. The summed E-state index contributed by atoms with van der Waals surface area (Å²) in [5.74, 6) is -0.252. The number of carbonyl (C=O) groups is 2. The van der Waals surface area contributed by atoms with Crippen molar-refractivity contribution in [2.45, 2.75) is 40.5 Å². The highest BCUT2D eigenvalue weighted by atomic mass is 16.5. The number of ether oxygens (including phenoxy) is 1. The molecule has 174 valence electrons. The number of carbonyl (C=O) groups excluding carboxylic acids is 2. The Morgan fingerprint density at radius 1 is 0.853 bits per heavy atom. The maximum absolute atomic E-state index is 13.8. The Morgan fingerprint density at radius 2 is 1.59 bits per heavy atom. The first-order chi connectivity index (χ1) is 16.4. The molecule has 0 fully saturated rings. The molecule has 2 amide bonds. The van der Waals surface area contributed by atoms with E-state index < -0.39 is 5.91 Å². The average molecular weight is 455 g/mol. The topological polar surface area (TPSA) is 58.6 Å². The summed E-state index contributed by atoms with van der Waals surface area (Å²) in [7, 11) is 0. The van der Waals surface area contributed by atoms with Crippen molar-refractivity contribution in [1.29, 1.82) is 0 Å². The van der Waals surface area contributed by atoms with E-state index in [1.165, 1.54) is 10.5 Å². The molecule has 1 aliphatic rings. The zero-order valence-electron chi connectivity index (χ0n) is 20.1. The number of benzene rings is 3. The molecule has 1 heterocycles. The van der Waals surface area contributed by atoms with E-state index in [0.717, 1.165) is 29.7 Å². The van der Waals surface area contributed by atoms with Crippen molar-refractivity contribution < 1.29 is 14.3 Å². The minimum Gasteiger partial charge on any atom is -0.491 e. The van der Waals surface area contributed by atoms with Gasteiger partial charge >= 0.3 is 0 Å². The van der Waals surface area contributed by atoms with E-state index in [1.54, 1.807) is 18.2 Å². The van der Waals surface area contributed by atoms with Crippen LogP contribution in [-0.2, 0) is 16.0 Å². The van der Waals surface area contributed by atoms with Gasteiger partial charge in [-0.25, -0.2) is 4.90 Å². The average Bonchev–Trinajstić information content (AvgIpc) is 3.09. The summed E-state index contributed by atoms with van der Waals surface area (Å²) in [6.45, 7) is 8.64. The lowest BCUT2D eigenvalue weighted by atomic mass is 9.99. The molecule has 0 unspecified atom stereocenters. The fourth-order valence-electron chi connectivity index (χ4n) is 3.97. The summed E-state index contributed by atoms with van der Waals surface area (Å²) in [4.78, 5) is 28.7. The molecule has 0 spiro atoms. The van der Waals surface area contributed by atoms with Crippen molar-refractivity contribution in [3.8, 4) is 5.75 Å². The fraction of sp³-hybridized carbons (Fsp3) is 0.241. The molecule has 0 saturated heterocycles. The number of rotatable bonds is 8. The molecule has 5 nitrogen and oxygen atoms in total. The van der Waals surface area contributed by atoms with E-state index >= 15 is 0 Å². The largest absolute Gasteiger partial charge is 0.491 e. The van der Waals surface area contributed by atoms with Crippen LogP contribution in [0.4, 0.5) is 11.4 Å². The first-order valence-corrected chi connectivity index (χ1v) is 11.7. The van der Waals surface area contributed by atoms with Gasteiger partial charge in [0.15, 0.2) is 0 Å². The van der Waals surface area contributed by atoms with Crippen molar-refractivity contribution in [1.82, 2.24) is 0 Å². The van der Waals surface area contributed by atoms with Gasteiger partial charge in [-0.2, -0.15) is 0 Å². The highest BCUT2D eigenvalue weighted by Crippen LogP contribution is 2.38. The lowest BCUT2D eigenvalue weighted by Gasteiger charge is -2.19. The molecular formula is C29H30N2O3. The lowest BCUT2D eigenvalue weighted by Crippen LogP contribution is -2.32. The number of aryl methyl sites for hydroxylation is 3. The van der Waals surface area contributed by atoms with E-state index in [0.29, 0.717) is 29.2 Å². The van der Waals surface area contributed by atoms with Gasteiger partial charge in [-0.3, -0.25) is 9.59 Å². The maximum Gasteiger partial charge on any atom is 0.282 e. The Morgan fingerprint density at radius 3 is 2.26 bits per heavy atom. The molecule has 4 rings (SSSR count). The van der Waals surface area contributed by atoms with Gasteiger partial charge in [-0.15, -0.1) is 0 Å². The Bertz CT molecular complexity index is 1260. The monoisotopic (exact) mass is 454 g/mol. The Hall–Kier alpha value is -3.86. The SMILES string of the molecule is CCCOc1ccccc1N1C(=O)C(Nc2ccc(CC)cc2)=C(c2ccc(C)c(C)c2)C1=O. The molecule has 0 aliphatic carbocycles. The second-order valence-electron chi connectivity index (χ2n) is 8.49. The first kappa shape index (κ1) is 23.3. The molecule has 0 atom stereocenters. The van der Waals surface area contributed by atoms with E-state index in [1.807, 2.05) is 69.3 Å². The van der Waals surface area contributed by atoms with Crippen molar-refractivity contribution in [3.63, 3.8) is 0 Å². The smallest absolute Gasteiger partial charge is 0.282 e. The van der Waals surface area contributed by atoms with Gasteiger partial charge in [0.25, 0.3) is 11.8 Å². The molecule has 0 bridgehead atoms. The van der Waals surface area contributed by atoms with Crippen LogP contribution in [0.1, 0.15) is 42.5 Å². The molecule has 5 heteroatoms. The second kappa shape index (κ2) is 9.96. The van der Waals surface area contributed by atoms with Gasteiger partial charge < -0.3 is 10.1 Å². The van der Waals surface area contributed by atoms with Crippen molar-refractivity contribution in [2.24, 2.45) is 0 Å². The number of hydrogen-bond donors (Lipinski definition) is 1. The summed E-state index contributed by atoms with van der Waals surface area (Å²) < 4.78 is 5.87. The molecular weight excluding hydrogens is 424 g/mol. The predicted molar refractivity (Wildman–Crippen MR) is 137 cm³/mol. The standard InChI is InChI=1S/C29H30N2O3/c1-5-17-34-25-10-8-7-9-24(25)31-28(32)26(22-14-11-19(3)20(4)18-22)27(29(31)33)30-23-15-12-21(6-2)13-16-23/h7-16,18,30H,5-6,17H2,1-4H3. The van der Waals surface area contributed by atoms with Crippen LogP contribution in [0.2, 0.25) is 0 Å². The van der Waals surface area contributed by atoms with Crippen molar-refractivity contribution >= 4 is 28.8 Å². The molecule has 3 aromatic carbocycles. The third-order valence-electron chi connectivity index (χ3n) is 6.08. The van der Waals surface area contributed by atoms with Gasteiger partial charge in [-0.05, 0) is 73.2 Å².